The highest BCUT2D eigenvalue weighted by Gasteiger charge is 2.04. The van der Waals surface area contributed by atoms with Crippen molar-refractivity contribution in [3.05, 3.63) is 0 Å². The zero-order chi connectivity index (χ0) is 7.49. The number of hydrogen-bond donors (Lipinski definition) is 2. The van der Waals surface area contributed by atoms with Gasteiger partial charge in [0.2, 0.25) is 0 Å². The van der Waals surface area contributed by atoms with E-state index in [4.69, 9.17) is 5.11 Å². The highest BCUT2D eigenvalue weighted by Crippen LogP contribution is 1.97. The molecule has 0 spiro atoms. The van der Waals surface area contributed by atoms with E-state index in [0.717, 1.165) is 0 Å². The molecule has 0 rings (SSSR count). The summed E-state index contributed by atoms with van der Waals surface area (Å²) in [5.41, 5.74) is 0. The van der Waals surface area contributed by atoms with Crippen molar-refractivity contribution in [3.8, 4) is 0 Å². The molecule has 1 N–H and O–H groups in total. The second-order valence-corrected chi connectivity index (χ2v) is 3.99. The van der Waals surface area contributed by atoms with Crippen molar-refractivity contribution in [3.63, 3.8) is 0 Å². The Kier molecular flexibility index (Phi) is 3.49. The molecule has 0 heterocycles. The minimum atomic E-state index is -3.68. The lowest BCUT2D eigenvalue weighted by Crippen LogP contribution is -2.12. The van der Waals surface area contributed by atoms with E-state index >= 15 is 0 Å². The Hall–Kier alpha value is 0.220. The Morgan fingerprint density at radius 3 is 2.33 bits per heavy atom. The maximum Gasteiger partial charge on any atom is 0.319 e. The van der Waals surface area contributed by atoms with Gasteiger partial charge in [-0.15, -0.1) is 0 Å². The summed E-state index contributed by atoms with van der Waals surface area (Å²) in [4.78, 5) is 0. The second kappa shape index (κ2) is 3.40. The first kappa shape index (κ1) is 9.22. The topological polar surface area (TPSA) is 63.6 Å². The van der Waals surface area contributed by atoms with Crippen molar-refractivity contribution in [2.45, 2.75) is 13.0 Å². The molecule has 9 heavy (non-hydrogen) atoms. The predicted octanol–water partition coefficient (Wildman–Crippen LogP) is -0.442. The molecular weight excluding hydrogens is 164 g/mol. The van der Waals surface area contributed by atoms with Gasteiger partial charge in [-0.1, -0.05) is 0 Å². The van der Waals surface area contributed by atoms with Crippen molar-refractivity contribution in [1.29, 1.82) is 0 Å². The van der Waals surface area contributed by atoms with Crippen LogP contribution < -0.4 is 0 Å². The standard InChI is InChI=1S/C3H8O4S2/c1-3(4)2-7-9(5,6)8/h3-4H,2H2,1H3,(H,5,6,8). The molecule has 0 aromatic carbocycles. The third-order valence-electron chi connectivity index (χ3n) is 0.458. The summed E-state index contributed by atoms with van der Waals surface area (Å²) < 4.78 is 24.2. The molecule has 0 aliphatic heterocycles. The van der Waals surface area contributed by atoms with E-state index in [9.17, 15) is 8.42 Å². The summed E-state index contributed by atoms with van der Waals surface area (Å²) in [7, 11) is -3.68. The summed E-state index contributed by atoms with van der Waals surface area (Å²) >= 11 is 3.07. The van der Waals surface area contributed by atoms with Gasteiger partial charge in [0.25, 0.3) is 0 Å². The monoisotopic (exact) mass is 172 g/mol. The maximum absolute atomic E-state index is 10.1. The van der Waals surface area contributed by atoms with Gasteiger partial charge in [-0.25, -0.2) is 0 Å². The summed E-state index contributed by atoms with van der Waals surface area (Å²) in [5, 5.41) is 8.49. The Labute approximate surface area is 58.8 Å². The molecule has 0 fully saturated rings. The quantitative estimate of drug-likeness (QED) is 0.447. The van der Waals surface area contributed by atoms with Crippen LogP contribution in [0.3, 0.4) is 0 Å². The number of aliphatic hydroxyl groups excluding tert-OH is 1. The van der Waals surface area contributed by atoms with Gasteiger partial charge >= 0.3 is 9.15 Å². The molecular formula is C3H8O4S2. The van der Waals surface area contributed by atoms with Crippen LogP contribution in [0.15, 0.2) is 0 Å². The minimum Gasteiger partial charge on any atom is -0.391 e. The molecule has 0 aromatic heterocycles. The first-order valence-corrected chi connectivity index (χ1v) is 4.68. The van der Waals surface area contributed by atoms with Crippen LogP contribution in [-0.2, 0) is 13.3 Å². The lowest BCUT2D eigenvalue weighted by molar-refractivity contribution is 0.128. The van der Waals surface area contributed by atoms with E-state index in [1.807, 2.05) is 0 Å². The molecule has 6 heteroatoms. The van der Waals surface area contributed by atoms with Gasteiger partial charge in [0.05, 0.1) is 12.7 Å². The first-order chi connectivity index (χ1) is 3.92. The van der Waals surface area contributed by atoms with Gasteiger partial charge < -0.3 is 5.11 Å². The van der Waals surface area contributed by atoms with E-state index < -0.39 is 15.3 Å². The van der Waals surface area contributed by atoms with Crippen molar-refractivity contribution >= 4 is 20.8 Å². The fourth-order valence-electron chi connectivity index (χ4n) is 0.184. The van der Waals surface area contributed by atoms with Crippen LogP contribution in [0.4, 0.5) is 0 Å². The first-order valence-electron chi connectivity index (χ1n) is 2.22. The zero-order valence-corrected chi connectivity index (χ0v) is 6.52. The zero-order valence-electron chi connectivity index (χ0n) is 4.81. The van der Waals surface area contributed by atoms with Crippen molar-refractivity contribution in [2.24, 2.45) is 0 Å². The maximum atomic E-state index is 10.1. The van der Waals surface area contributed by atoms with Gasteiger partial charge in [0, 0.05) is 0 Å². The van der Waals surface area contributed by atoms with Gasteiger partial charge in [-0.05, 0) is 18.6 Å². The third-order valence-corrected chi connectivity index (χ3v) is 1.21. The van der Waals surface area contributed by atoms with Crippen LogP contribution in [-0.4, -0.2) is 26.2 Å². The van der Waals surface area contributed by atoms with Crippen LogP contribution in [0.25, 0.3) is 0 Å². The second-order valence-electron chi connectivity index (χ2n) is 1.56. The normalized spacial score (nSPS) is 15.4. The van der Waals surface area contributed by atoms with Crippen LogP contribution in [0.5, 0.6) is 0 Å². The van der Waals surface area contributed by atoms with Gasteiger partial charge in [0.15, 0.2) is 0 Å². The molecule has 0 aliphatic rings. The molecule has 56 valence electrons. The average Bonchev–Trinajstić information content (AvgIpc) is 1.59. The molecule has 0 bridgehead atoms. The van der Waals surface area contributed by atoms with Crippen LogP contribution in [0, 0.1) is 0 Å². The van der Waals surface area contributed by atoms with Crippen LogP contribution in [0.1, 0.15) is 6.92 Å². The van der Waals surface area contributed by atoms with E-state index in [0.29, 0.717) is 0 Å². The summed E-state index contributed by atoms with van der Waals surface area (Å²) in [5.74, 6) is 0. The lowest BCUT2D eigenvalue weighted by atomic mass is 10.5. The van der Waals surface area contributed by atoms with E-state index in [1.54, 1.807) is 0 Å². The molecule has 1 atom stereocenters. The highest BCUT2D eigenvalue weighted by atomic mass is 33.1. The largest absolute Gasteiger partial charge is 0.391 e. The summed E-state index contributed by atoms with van der Waals surface area (Å²) in [6, 6.07) is 0. The van der Waals surface area contributed by atoms with E-state index in [1.165, 1.54) is 6.92 Å². The van der Waals surface area contributed by atoms with Gasteiger partial charge in [0.1, 0.15) is 0 Å². The van der Waals surface area contributed by atoms with E-state index in [2.05, 4.69) is 15.8 Å². The Morgan fingerprint density at radius 2 is 2.22 bits per heavy atom. The smallest absolute Gasteiger partial charge is 0.319 e. The molecule has 0 aliphatic carbocycles. The summed E-state index contributed by atoms with van der Waals surface area (Å²) in [6.07, 6.45) is -0.785. The molecule has 1 unspecified atom stereocenters. The fraction of sp³-hybridized carbons (Fsp3) is 1.00. The van der Waals surface area contributed by atoms with Crippen LogP contribution >= 0.6 is 11.7 Å². The molecule has 4 nitrogen and oxygen atoms in total. The van der Waals surface area contributed by atoms with Gasteiger partial charge in [-0.3, -0.25) is 4.18 Å². The Bertz CT molecular complexity index is 159. The molecule has 0 amide bonds. The molecule has 0 saturated carbocycles. The lowest BCUT2D eigenvalue weighted by Gasteiger charge is -2.00. The number of rotatable bonds is 3. The molecule has 0 aromatic rings. The predicted molar refractivity (Wildman–Crippen MR) is 35.5 cm³/mol. The number of aliphatic hydroxyl groups is 1. The Balaban J connectivity index is 3.53. The average molecular weight is 172 g/mol. The molecule has 0 saturated heterocycles. The third kappa shape index (κ3) is 8.22. The van der Waals surface area contributed by atoms with E-state index in [-0.39, 0.29) is 6.61 Å². The van der Waals surface area contributed by atoms with Crippen LogP contribution in [0.2, 0.25) is 0 Å². The van der Waals surface area contributed by atoms with Crippen molar-refractivity contribution < 1.29 is 17.7 Å². The van der Waals surface area contributed by atoms with Crippen molar-refractivity contribution in [2.75, 3.05) is 6.61 Å². The highest BCUT2D eigenvalue weighted by molar-refractivity contribution is 8.61. The Morgan fingerprint density at radius 1 is 1.78 bits per heavy atom. The minimum absolute atomic E-state index is 0.244. The molecule has 0 radical (unpaired) electrons. The number of hydrogen-bond acceptors (Lipinski definition) is 4. The fourth-order valence-corrected chi connectivity index (χ4v) is 0.736. The number of thiol groups is 1. The SMILES string of the molecule is CC(O)COS(=O)(=O)S. The van der Waals surface area contributed by atoms with Crippen molar-refractivity contribution in [1.82, 2.24) is 0 Å². The summed E-state index contributed by atoms with van der Waals surface area (Å²) in [6.45, 7) is 1.17. The van der Waals surface area contributed by atoms with Gasteiger partial charge in [-0.2, -0.15) is 8.42 Å².